The van der Waals surface area contributed by atoms with E-state index < -0.39 is 10.0 Å². The molecule has 5 nitrogen and oxygen atoms in total. The Bertz CT molecular complexity index is 580. The fraction of sp³-hybridized carbons (Fsp3) is 0.583. The fourth-order valence-electron chi connectivity index (χ4n) is 1.91. The predicted molar refractivity (Wildman–Crippen MR) is 72.4 cm³/mol. The normalized spacial score (nSPS) is 18.9. The second kappa shape index (κ2) is 5.59. The van der Waals surface area contributed by atoms with Crippen molar-refractivity contribution in [3.8, 4) is 6.07 Å². The van der Waals surface area contributed by atoms with E-state index in [2.05, 4.69) is 11.6 Å². The highest BCUT2D eigenvalue weighted by Gasteiger charge is 2.29. The van der Waals surface area contributed by atoms with Gasteiger partial charge in [-0.3, -0.25) is 0 Å². The molecule has 0 bridgehead atoms. The molecule has 0 amide bonds. The quantitative estimate of drug-likeness (QED) is 0.918. The molecule has 1 aromatic rings. The molecule has 1 aromatic heterocycles. The lowest BCUT2D eigenvalue weighted by Gasteiger charge is -2.33. The highest BCUT2D eigenvalue weighted by molar-refractivity contribution is 7.91. The van der Waals surface area contributed by atoms with E-state index >= 15 is 0 Å². The van der Waals surface area contributed by atoms with Crippen LogP contribution in [0, 0.1) is 16.7 Å². The largest absolute Gasteiger partial charge is 0.381 e. The maximum Gasteiger partial charge on any atom is 0.250 e. The molecular weight excluding hydrogens is 284 g/mol. The Hall–Kier alpha value is -0.940. The van der Waals surface area contributed by atoms with Crippen LogP contribution in [0.4, 0.5) is 0 Å². The molecule has 0 atom stereocenters. The molecule has 19 heavy (non-hydrogen) atoms. The van der Waals surface area contributed by atoms with Crippen LogP contribution in [0.3, 0.4) is 0 Å². The number of nitriles is 1. The maximum atomic E-state index is 12.1. The first-order valence-corrected chi connectivity index (χ1v) is 8.33. The Labute approximate surface area is 117 Å². The van der Waals surface area contributed by atoms with Crippen molar-refractivity contribution in [3.63, 3.8) is 0 Å². The zero-order chi connectivity index (χ0) is 13.9. The van der Waals surface area contributed by atoms with Crippen LogP contribution in [-0.2, 0) is 14.8 Å². The molecule has 0 aromatic carbocycles. The zero-order valence-electron chi connectivity index (χ0n) is 10.7. The van der Waals surface area contributed by atoms with Gasteiger partial charge in [-0.25, -0.2) is 13.1 Å². The standard InChI is InChI=1S/C12H16N2O3S2/c1-12(4-6-17-7-5-12)9-14-19(15,16)11-3-2-10(8-13)18-11/h2-3,14H,4-7,9H2,1H3. The molecule has 1 fully saturated rings. The Morgan fingerprint density at radius 2 is 2.16 bits per heavy atom. The lowest BCUT2D eigenvalue weighted by molar-refractivity contribution is 0.0265. The second-order valence-corrected chi connectivity index (χ2v) is 8.06. The Balaban J connectivity index is 2.03. The molecule has 1 saturated heterocycles. The molecule has 104 valence electrons. The molecule has 1 aliphatic rings. The number of hydrogen-bond acceptors (Lipinski definition) is 5. The summed E-state index contributed by atoms with van der Waals surface area (Å²) in [5.41, 5.74) is -0.0549. The van der Waals surface area contributed by atoms with Gasteiger partial charge in [-0.15, -0.1) is 11.3 Å². The summed E-state index contributed by atoms with van der Waals surface area (Å²) in [5.74, 6) is 0. The molecule has 1 N–H and O–H groups in total. The van der Waals surface area contributed by atoms with Crippen molar-refractivity contribution in [1.29, 1.82) is 5.26 Å². The number of sulfonamides is 1. The number of nitrogens with zero attached hydrogens (tertiary/aromatic N) is 1. The van der Waals surface area contributed by atoms with Crippen LogP contribution in [-0.4, -0.2) is 28.2 Å². The van der Waals surface area contributed by atoms with Gasteiger partial charge in [0.05, 0.1) is 0 Å². The lowest BCUT2D eigenvalue weighted by atomic mass is 9.83. The number of nitrogens with one attached hydrogen (secondary N) is 1. The number of ether oxygens (including phenoxy) is 1. The summed E-state index contributed by atoms with van der Waals surface area (Å²) >= 11 is 0.989. The van der Waals surface area contributed by atoms with Gasteiger partial charge in [0.1, 0.15) is 15.2 Å². The molecule has 2 heterocycles. The van der Waals surface area contributed by atoms with Gasteiger partial charge in [0.25, 0.3) is 0 Å². The Morgan fingerprint density at radius 1 is 1.47 bits per heavy atom. The van der Waals surface area contributed by atoms with E-state index in [9.17, 15) is 8.42 Å². The minimum Gasteiger partial charge on any atom is -0.381 e. The highest BCUT2D eigenvalue weighted by atomic mass is 32.2. The van der Waals surface area contributed by atoms with E-state index in [-0.39, 0.29) is 9.62 Å². The molecule has 1 aliphatic heterocycles. The Morgan fingerprint density at radius 3 is 2.74 bits per heavy atom. The van der Waals surface area contributed by atoms with Gasteiger partial charge < -0.3 is 4.74 Å². The summed E-state index contributed by atoms with van der Waals surface area (Å²) in [6.07, 6.45) is 1.70. The van der Waals surface area contributed by atoms with E-state index in [1.165, 1.54) is 12.1 Å². The third-order valence-corrected chi connectivity index (χ3v) is 6.23. The van der Waals surface area contributed by atoms with Gasteiger partial charge >= 0.3 is 0 Å². The van der Waals surface area contributed by atoms with E-state index in [4.69, 9.17) is 10.00 Å². The second-order valence-electron chi connectivity index (χ2n) is 4.98. The van der Waals surface area contributed by atoms with Crippen molar-refractivity contribution in [2.45, 2.75) is 24.0 Å². The predicted octanol–water partition coefficient (Wildman–Crippen LogP) is 1.71. The summed E-state index contributed by atoms with van der Waals surface area (Å²) in [4.78, 5) is 0.401. The van der Waals surface area contributed by atoms with E-state index in [0.29, 0.717) is 24.6 Å². The van der Waals surface area contributed by atoms with Crippen molar-refractivity contribution < 1.29 is 13.2 Å². The SMILES string of the molecule is CC1(CNS(=O)(=O)c2ccc(C#N)s2)CCOCC1. The van der Waals surface area contributed by atoms with E-state index in [1.54, 1.807) is 0 Å². The van der Waals surface area contributed by atoms with Crippen LogP contribution in [0.25, 0.3) is 0 Å². The van der Waals surface area contributed by atoms with E-state index in [0.717, 1.165) is 24.2 Å². The van der Waals surface area contributed by atoms with Crippen LogP contribution in [0.15, 0.2) is 16.3 Å². The monoisotopic (exact) mass is 300 g/mol. The van der Waals surface area contributed by atoms with Gasteiger partial charge in [-0.05, 0) is 30.4 Å². The topological polar surface area (TPSA) is 79.2 Å². The zero-order valence-corrected chi connectivity index (χ0v) is 12.3. The molecule has 0 unspecified atom stereocenters. The van der Waals surface area contributed by atoms with Gasteiger partial charge in [-0.2, -0.15) is 5.26 Å². The third kappa shape index (κ3) is 3.54. The fourth-order valence-corrected chi connectivity index (χ4v) is 4.25. The van der Waals surface area contributed by atoms with Gasteiger partial charge in [-0.1, -0.05) is 6.92 Å². The number of hydrogen-bond donors (Lipinski definition) is 1. The van der Waals surface area contributed by atoms with Gasteiger partial charge in [0.2, 0.25) is 10.0 Å². The van der Waals surface area contributed by atoms with Crippen molar-refractivity contribution in [1.82, 2.24) is 4.72 Å². The minimum atomic E-state index is -3.51. The summed E-state index contributed by atoms with van der Waals surface area (Å²) in [7, 11) is -3.51. The average Bonchev–Trinajstić information content (AvgIpc) is 2.87. The molecule has 0 aliphatic carbocycles. The highest BCUT2D eigenvalue weighted by Crippen LogP contribution is 2.29. The van der Waals surface area contributed by atoms with Crippen LogP contribution in [0.1, 0.15) is 24.6 Å². The molecular formula is C12H16N2O3S2. The molecule has 7 heteroatoms. The third-order valence-electron chi connectivity index (χ3n) is 3.35. The first kappa shape index (κ1) is 14.5. The van der Waals surface area contributed by atoms with Crippen molar-refractivity contribution in [2.75, 3.05) is 19.8 Å². The van der Waals surface area contributed by atoms with Crippen molar-refractivity contribution >= 4 is 21.4 Å². The number of thiophene rings is 1. The number of rotatable bonds is 4. The van der Waals surface area contributed by atoms with Crippen LogP contribution in [0.5, 0.6) is 0 Å². The molecule has 0 radical (unpaired) electrons. The Kier molecular flexibility index (Phi) is 4.26. The van der Waals surface area contributed by atoms with Crippen LogP contribution in [0.2, 0.25) is 0 Å². The summed E-state index contributed by atoms with van der Waals surface area (Å²) in [6.45, 7) is 3.82. The van der Waals surface area contributed by atoms with Crippen molar-refractivity contribution in [2.24, 2.45) is 5.41 Å². The van der Waals surface area contributed by atoms with E-state index in [1.807, 2.05) is 6.07 Å². The van der Waals surface area contributed by atoms with Crippen LogP contribution >= 0.6 is 11.3 Å². The first-order valence-electron chi connectivity index (χ1n) is 6.03. The summed E-state index contributed by atoms with van der Waals surface area (Å²) in [6, 6.07) is 4.94. The first-order chi connectivity index (χ1) is 8.95. The lowest BCUT2D eigenvalue weighted by Crippen LogP contribution is -2.39. The average molecular weight is 300 g/mol. The molecule has 0 spiro atoms. The van der Waals surface area contributed by atoms with Gasteiger partial charge in [0.15, 0.2) is 0 Å². The molecule has 0 saturated carbocycles. The summed E-state index contributed by atoms with van der Waals surface area (Å²) < 4.78 is 32.3. The maximum absolute atomic E-state index is 12.1. The van der Waals surface area contributed by atoms with Crippen molar-refractivity contribution in [3.05, 3.63) is 17.0 Å². The summed E-state index contributed by atoms with van der Waals surface area (Å²) in [5, 5.41) is 8.72. The van der Waals surface area contributed by atoms with Crippen LogP contribution < -0.4 is 4.72 Å². The van der Waals surface area contributed by atoms with Gasteiger partial charge in [0, 0.05) is 19.8 Å². The minimum absolute atomic E-state index is 0.0549. The molecule has 2 rings (SSSR count). The smallest absolute Gasteiger partial charge is 0.250 e.